The first-order valence-corrected chi connectivity index (χ1v) is 9.65. The van der Waals surface area contributed by atoms with Gasteiger partial charge in [-0.3, -0.25) is 0 Å². The minimum atomic E-state index is 0.879. The lowest BCUT2D eigenvalue weighted by Gasteiger charge is -2.16. The van der Waals surface area contributed by atoms with Crippen molar-refractivity contribution >= 4 is 17.1 Å². The molecule has 5 nitrogen and oxygen atoms in total. The summed E-state index contributed by atoms with van der Waals surface area (Å²) in [6.45, 7) is 10.2. The summed E-state index contributed by atoms with van der Waals surface area (Å²) in [5.41, 5.74) is 8.51. The van der Waals surface area contributed by atoms with E-state index in [-0.39, 0.29) is 0 Å². The topological polar surface area (TPSA) is 60.1 Å². The summed E-state index contributed by atoms with van der Waals surface area (Å²) in [7, 11) is 1.88. The number of hydrogen-bond donors (Lipinski definition) is 5. The van der Waals surface area contributed by atoms with Crippen LogP contribution in [-0.2, 0) is 0 Å². The molecule has 0 atom stereocenters. The standard InChI is InChI=1S/C24H29N5/c1-16-6-8-20(9-7-16)23-15-28-19(4)24(27-13-12-26-23)29-21-10-11-22(17(2)14-21)18(3)25-5/h6-15,25-29H,3H2,1-2,4-5H3. The largest absolute Gasteiger partial charge is 0.388 e. The van der Waals surface area contributed by atoms with Gasteiger partial charge in [-0.25, -0.2) is 0 Å². The molecule has 2 aromatic rings. The number of benzene rings is 2. The van der Waals surface area contributed by atoms with Crippen LogP contribution in [-0.4, -0.2) is 7.05 Å². The molecule has 29 heavy (non-hydrogen) atoms. The summed E-state index contributed by atoms with van der Waals surface area (Å²) >= 11 is 0. The first-order valence-electron chi connectivity index (χ1n) is 9.65. The third-order valence-corrected chi connectivity index (χ3v) is 4.84. The van der Waals surface area contributed by atoms with Crippen molar-refractivity contribution in [2.45, 2.75) is 20.8 Å². The van der Waals surface area contributed by atoms with Crippen molar-refractivity contribution < 1.29 is 0 Å². The van der Waals surface area contributed by atoms with E-state index in [9.17, 15) is 0 Å². The molecule has 0 radical (unpaired) electrons. The lowest BCUT2D eigenvalue weighted by atomic mass is 10.1. The minimum Gasteiger partial charge on any atom is -0.388 e. The second-order valence-electron chi connectivity index (χ2n) is 7.07. The molecule has 150 valence electrons. The Kier molecular flexibility index (Phi) is 6.29. The molecule has 0 saturated heterocycles. The number of hydrogen-bond acceptors (Lipinski definition) is 5. The number of anilines is 1. The normalized spacial score (nSPS) is 13.7. The highest BCUT2D eigenvalue weighted by Gasteiger charge is 2.07. The van der Waals surface area contributed by atoms with Gasteiger partial charge in [0, 0.05) is 42.6 Å². The lowest BCUT2D eigenvalue weighted by molar-refractivity contribution is 0.945. The second-order valence-corrected chi connectivity index (χ2v) is 7.07. The Morgan fingerprint density at radius 1 is 0.897 bits per heavy atom. The number of aryl methyl sites for hydroxylation is 2. The molecule has 0 aliphatic carbocycles. The Morgan fingerprint density at radius 3 is 2.31 bits per heavy atom. The average molecular weight is 388 g/mol. The van der Waals surface area contributed by atoms with Gasteiger partial charge in [0.1, 0.15) is 5.82 Å². The van der Waals surface area contributed by atoms with E-state index in [0.717, 1.165) is 45.3 Å². The van der Waals surface area contributed by atoms with Crippen molar-refractivity contribution in [3.8, 4) is 0 Å². The van der Waals surface area contributed by atoms with Gasteiger partial charge < -0.3 is 26.6 Å². The predicted molar refractivity (Wildman–Crippen MR) is 123 cm³/mol. The summed E-state index contributed by atoms with van der Waals surface area (Å²) in [6.07, 6.45) is 5.74. The van der Waals surface area contributed by atoms with Crippen molar-refractivity contribution in [2.24, 2.45) is 0 Å². The summed E-state index contributed by atoms with van der Waals surface area (Å²) in [5.74, 6) is 0.879. The lowest BCUT2D eigenvalue weighted by Crippen LogP contribution is -2.20. The fraction of sp³-hybridized carbons (Fsp3) is 0.167. The van der Waals surface area contributed by atoms with Crippen molar-refractivity contribution in [3.05, 3.63) is 101 Å². The molecule has 0 bridgehead atoms. The van der Waals surface area contributed by atoms with Gasteiger partial charge in [0.05, 0.1) is 11.4 Å². The Labute approximate surface area is 173 Å². The zero-order valence-corrected chi connectivity index (χ0v) is 17.5. The van der Waals surface area contributed by atoms with E-state index in [2.05, 4.69) is 89.5 Å². The third-order valence-electron chi connectivity index (χ3n) is 4.84. The fourth-order valence-corrected chi connectivity index (χ4v) is 3.05. The van der Waals surface area contributed by atoms with E-state index >= 15 is 0 Å². The van der Waals surface area contributed by atoms with Crippen LogP contribution in [0, 0.1) is 13.8 Å². The van der Waals surface area contributed by atoms with E-state index < -0.39 is 0 Å². The molecule has 5 N–H and O–H groups in total. The molecule has 2 aromatic carbocycles. The van der Waals surface area contributed by atoms with Crippen LogP contribution < -0.4 is 26.6 Å². The molecule has 0 fully saturated rings. The van der Waals surface area contributed by atoms with Crippen molar-refractivity contribution in [3.63, 3.8) is 0 Å². The minimum absolute atomic E-state index is 0.879. The maximum Gasteiger partial charge on any atom is 0.127 e. The van der Waals surface area contributed by atoms with Crippen molar-refractivity contribution in [1.82, 2.24) is 21.3 Å². The number of nitrogens with one attached hydrogen (secondary N) is 5. The van der Waals surface area contributed by atoms with Gasteiger partial charge >= 0.3 is 0 Å². The first kappa shape index (κ1) is 20.1. The van der Waals surface area contributed by atoms with Gasteiger partial charge in [0.2, 0.25) is 0 Å². The molecule has 1 heterocycles. The van der Waals surface area contributed by atoms with Gasteiger partial charge in [0.15, 0.2) is 0 Å². The molecular weight excluding hydrogens is 358 g/mol. The summed E-state index contributed by atoms with van der Waals surface area (Å²) in [4.78, 5) is 0. The van der Waals surface area contributed by atoms with Crippen molar-refractivity contribution in [2.75, 3.05) is 12.4 Å². The van der Waals surface area contributed by atoms with Crippen LogP contribution in [0.1, 0.15) is 29.2 Å². The fourth-order valence-electron chi connectivity index (χ4n) is 3.05. The molecule has 3 rings (SSSR count). The summed E-state index contributed by atoms with van der Waals surface area (Å²) in [6, 6.07) is 14.7. The van der Waals surface area contributed by atoms with Crippen LogP contribution in [0.4, 0.5) is 5.69 Å². The summed E-state index contributed by atoms with van der Waals surface area (Å²) in [5, 5.41) is 16.6. The van der Waals surface area contributed by atoms with Gasteiger partial charge in [-0.15, -0.1) is 0 Å². The van der Waals surface area contributed by atoms with E-state index in [0.29, 0.717) is 0 Å². The summed E-state index contributed by atoms with van der Waals surface area (Å²) < 4.78 is 0. The van der Waals surface area contributed by atoms with E-state index in [1.54, 1.807) is 0 Å². The predicted octanol–water partition coefficient (Wildman–Crippen LogP) is 4.35. The zero-order valence-electron chi connectivity index (χ0n) is 17.5. The SMILES string of the molecule is C=C(NC)c1ccc(NC2=C(C)NC=C(c3ccc(C)cc3)NC=CN2)cc1C. The third kappa shape index (κ3) is 5.02. The Balaban J connectivity index is 1.82. The molecule has 0 amide bonds. The smallest absolute Gasteiger partial charge is 0.127 e. The van der Waals surface area contributed by atoms with E-state index in [1.807, 2.05) is 32.6 Å². The molecule has 0 unspecified atom stereocenters. The quantitative estimate of drug-likeness (QED) is 0.528. The zero-order chi connectivity index (χ0) is 20.8. The van der Waals surface area contributed by atoms with Crippen LogP contribution >= 0.6 is 0 Å². The highest BCUT2D eigenvalue weighted by molar-refractivity contribution is 5.68. The van der Waals surface area contributed by atoms with E-state index in [1.165, 1.54) is 5.56 Å². The van der Waals surface area contributed by atoms with Gasteiger partial charge in [-0.2, -0.15) is 0 Å². The Bertz CT molecular complexity index is 981. The molecule has 1 aliphatic heterocycles. The van der Waals surface area contributed by atoms with Crippen LogP contribution in [0.15, 0.2) is 79.2 Å². The van der Waals surface area contributed by atoms with Crippen LogP contribution in [0.5, 0.6) is 0 Å². The van der Waals surface area contributed by atoms with Gasteiger partial charge in [-0.1, -0.05) is 42.5 Å². The molecular formula is C24H29N5. The monoisotopic (exact) mass is 387 g/mol. The van der Waals surface area contributed by atoms with Crippen molar-refractivity contribution in [1.29, 1.82) is 0 Å². The average Bonchev–Trinajstić information content (AvgIpc) is 2.80. The molecule has 0 spiro atoms. The number of allylic oxidation sites excluding steroid dienone is 1. The van der Waals surface area contributed by atoms with Gasteiger partial charge in [0.25, 0.3) is 0 Å². The Morgan fingerprint density at radius 2 is 1.62 bits per heavy atom. The Hall–Kier alpha value is -3.60. The maximum absolute atomic E-state index is 4.05. The molecule has 1 aliphatic rings. The second kappa shape index (κ2) is 9.06. The first-order chi connectivity index (χ1) is 14.0. The highest BCUT2D eigenvalue weighted by Crippen LogP contribution is 2.21. The molecule has 0 aromatic heterocycles. The maximum atomic E-state index is 4.05. The van der Waals surface area contributed by atoms with Crippen LogP contribution in [0.2, 0.25) is 0 Å². The number of rotatable bonds is 5. The van der Waals surface area contributed by atoms with Crippen LogP contribution in [0.3, 0.4) is 0 Å². The van der Waals surface area contributed by atoms with Gasteiger partial charge in [-0.05, 0) is 44.0 Å². The molecule has 5 heteroatoms. The van der Waals surface area contributed by atoms with E-state index in [4.69, 9.17) is 0 Å². The molecule has 0 saturated carbocycles. The van der Waals surface area contributed by atoms with Crippen LogP contribution in [0.25, 0.3) is 11.4 Å². The highest BCUT2D eigenvalue weighted by atomic mass is 15.1.